The first-order valence-electron chi connectivity index (χ1n) is 7.59. The molecule has 0 saturated heterocycles. The molecule has 0 unspecified atom stereocenters. The highest BCUT2D eigenvalue weighted by Gasteiger charge is 2.00. The fourth-order valence-corrected chi connectivity index (χ4v) is 2.07. The van der Waals surface area contributed by atoms with E-state index in [1.807, 2.05) is 42.5 Å². The highest BCUT2D eigenvalue weighted by molar-refractivity contribution is 5.89. The zero-order chi connectivity index (χ0) is 15.6. The number of nitrogens with one attached hydrogen (secondary N) is 2. The Balaban J connectivity index is 1.65. The number of ether oxygens (including phenoxy) is 1. The summed E-state index contributed by atoms with van der Waals surface area (Å²) in [5.41, 5.74) is 2.09. The van der Waals surface area contributed by atoms with Gasteiger partial charge in [-0.1, -0.05) is 43.7 Å². The normalized spacial score (nSPS) is 10.0. The van der Waals surface area contributed by atoms with Crippen LogP contribution in [0.15, 0.2) is 54.6 Å². The number of aryl methyl sites for hydroxylation is 1. The van der Waals surface area contributed by atoms with E-state index in [9.17, 15) is 4.79 Å². The predicted octanol–water partition coefficient (Wildman–Crippen LogP) is 3.84. The highest BCUT2D eigenvalue weighted by atomic mass is 16.5. The predicted molar refractivity (Wildman–Crippen MR) is 89.4 cm³/mol. The van der Waals surface area contributed by atoms with Crippen LogP contribution in [0.5, 0.6) is 5.75 Å². The quantitative estimate of drug-likeness (QED) is 0.763. The van der Waals surface area contributed by atoms with Crippen molar-refractivity contribution in [2.45, 2.75) is 19.8 Å². The van der Waals surface area contributed by atoms with Gasteiger partial charge in [0.1, 0.15) is 12.4 Å². The van der Waals surface area contributed by atoms with E-state index in [2.05, 4.69) is 29.7 Å². The first-order valence-corrected chi connectivity index (χ1v) is 7.59. The number of amides is 2. The van der Waals surface area contributed by atoms with Crippen LogP contribution in [0.4, 0.5) is 10.5 Å². The summed E-state index contributed by atoms with van der Waals surface area (Å²) in [6, 6.07) is 17.2. The molecule has 0 saturated carbocycles. The molecule has 4 heteroatoms. The average molecular weight is 298 g/mol. The molecule has 0 aliphatic heterocycles. The van der Waals surface area contributed by atoms with Gasteiger partial charge in [0.15, 0.2) is 0 Å². The van der Waals surface area contributed by atoms with E-state index in [1.165, 1.54) is 5.56 Å². The van der Waals surface area contributed by atoms with Crippen LogP contribution in [0, 0.1) is 0 Å². The zero-order valence-corrected chi connectivity index (χ0v) is 12.8. The smallest absolute Gasteiger partial charge is 0.319 e. The van der Waals surface area contributed by atoms with E-state index < -0.39 is 0 Å². The van der Waals surface area contributed by atoms with Gasteiger partial charge in [0, 0.05) is 5.69 Å². The van der Waals surface area contributed by atoms with Crippen molar-refractivity contribution in [1.29, 1.82) is 0 Å². The van der Waals surface area contributed by atoms with Crippen molar-refractivity contribution in [2.24, 2.45) is 0 Å². The van der Waals surface area contributed by atoms with Crippen molar-refractivity contribution in [3.8, 4) is 5.75 Å². The second-order valence-electron chi connectivity index (χ2n) is 4.99. The van der Waals surface area contributed by atoms with E-state index in [4.69, 9.17) is 4.74 Å². The summed E-state index contributed by atoms with van der Waals surface area (Å²) in [4.78, 5) is 11.7. The first-order chi connectivity index (χ1) is 10.8. The molecule has 0 aromatic heterocycles. The van der Waals surface area contributed by atoms with Crippen LogP contribution >= 0.6 is 0 Å². The van der Waals surface area contributed by atoms with Gasteiger partial charge in [-0.05, 0) is 36.2 Å². The summed E-state index contributed by atoms with van der Waals surface area (Å²) >= 11 is 0. The number of rotatable bonds is 7. The van der Waals surface area contributed by atoms with Crippen LogP contribution in [0.1, 0.15) is 18.9 Å². The third-order valence-corrected chi connectivity index (χ3v) is 3.15. The lowest BCUT2D eigenvalue weighted by Crippen LogP contribution is -2.32. The Bertz CT molecular complexity index is 567. The number of carbonyl (C=O) groups excluding carboxylic acids is 1. The number of benzene rings is 2. The van der Waals surface area contributed by atoms with Crippen molar-refractivity contribution in [2.75, 3.05) is 18.5 Å². The molecule has 0 radical (unpaired) electrons. The van der Waals surface area contributed by atoms with Gasteiger partial charge in [0.2, 0.25) is 0 Å². The lowest BCUT2D eigenvalue weighted by atomic mass is 10.1. The molecule has 4 nitrogen and oxygen atoms in total. The minimum atomic E-state index is -0.229. The molecule has 0 atom stereocenters. The number of hydrogen-bond acceptors (Lipinski definition) is 2. The van der Waals surface area contributed by atoms with Crippen LogP contribution in [0.25, 0.3) is 0 Å². The minimum Gasteiger partial charge on any atom is -0.492 e. The van der Waals surface area contributed by atoms with Crippen molar-refractivity contribution < 1.29 is 9.53 Å². The Labute approximate surface area is 131 Å². The summed E-state index contributed by atoms with van der Waals surface area (Å²) in [6.45, 7) is 3.06. The highest BCUT2D eigenvalue weighted by Crippen LogP contribution is 2.13. The zero-order valence-electron chi connectivity index (χ0n) is 12.8. The summed E-state index contributed by atoms with van der Waals surface area (Å²) in [6.07, 6.45) is 2.22. The van der Waals surface area contributed by atoms with Crippen LogP contribution in [0.2, 0.25) is 0 Å². The molecule has 0 fully saturated rings. The number of urea groups is 1. The topological polar surface area (TPSA) is 50.4 Å². The Morgan fingerprint density at radius 3 is 2.45 bits per heavy atom. The molecular weight excluding hydrogens is 276 g/mol. The Hall–Kier alpha value is -2.49. The molecule has 0 aliphatic rings. The third kappa shape index (κ3) is 5.48. The molecule has 116 valence electrons. The monoisotopic (exact) mass is 298 g/mol. The molecule has 0 spiro atoms. The van der Waals surface area contributed by atoms with Crippen molar-refractivity contribution in [1.82, 2.24) is 5.32 Å². The molecule has 2 aromatic carbocycles. The standard InChI is InChI=1S/C18H22N2O2/c1-2-6-15-9-11-17(12-10-15)22-14-13-19-18(21)20-16-7-4-3-5-8-16/h3-5,7-12H,2,6,13-14H2,1H3,(H2,19,20,21). The SMILES string of the molecule is CCCc1ccc(OCCNC(=O)Nc2ccccc2)cc1. The van der Waals surface area contributed by atoms with Gasteiger partial charge in [-0.3, -0.25) is 0 Å². The third-order valence-electron chi connectivity index (χ3n) is 3.15. The molecule has 2 N–H and O–H groups in total. The maximum absolute atomic E-state index is 11.7. The summed E-state index contributed by atoms with van der Waals surface area (Å²) in [5.74, 6) is 0.824. The van der Waals surface area contributed by atoms with E-state index in [0.29, 0.717) is 13.2 Å². The average Bonchev–Trinajstić information content (AvgIpc) is 2.54. The maximum Gasteiger partial charge on any atom is 0.319 e. The number of hydrogen-bond donors (Lipinski definition) is 2. The van der Waals surface area contributed by atoms with E-state index in [0.717, 1.165) is 24.3 Å². The molecule has 0 heterocycles. The molecule has 0 aliphatic carbocycles. The van der Waals surface area contributed by atoms with Gasteiger partial charge in [-0.2, -0.15) is 0 Å². The van der Waals surface area contributed by atoms with E-state index in [1.54, 1.807) is 0 Å². The Morgan fingerprint density at radius 2 is 1.77 bits per heavy atom. The first kappa shape index (κ1) is 15.9. The molecular formula is C18H22N2O2. The Morgan fingerprint density at radius 1 is 1.05 bits per heavy atom. The second-order valence-corrected chi connectivity index (χ2v) is 4.99. The molecule has 2 aromatic rings. The largest absolute Gasteiger partial charge is 0.492 e. The number of anilines is 1. The van der Waals surface area contributed by atoms with Gasteiger partial charge >= 0.3 is 6.03 Å². The summed E-state index contributed by atoms with van der Waals surface area (Å²) in [7, 11) is 0. The maximum atomic E-state index is 11.7. The van der Waals surface area contributed by atoms with Crippen molar-refractivity contribution in [3.63, 3.8) is 0 Å². The van der Waals surface area contributed by atoms with Gasteiger partial charge < -0.3 is 15.4 Å². The minimum absolute atomic E-state index is 0.229. The van der Waals surface area contributed by atoms with Gasteiger partial charge in [0.05, 0.1) is 6.54 Å². The van der Waals surface area contributed by atoms with Crippen LogP contribution in [-0.4, -0.2) is 19.2 Å². The fraction of sp³-hybridized carbons (Fsp3) is 0.278. The Kier molecular flexibility index (Phi) is 6.30. The molecule has 0 bridgehead atoms. The molecule has 2 amide bonds. The van der Waals surface area contributed by atoms with Gasteiger partial charge in [-0.25, -0.2) is 4.79 Å². The second kappa shape index (κ2) is 8.72. The lowest BCUT2D eigenvalue weighted by Gasteiger charge is -2.09. The lowest BCUT2D eigenvalue weighted by molar-refractivity contribution is 0.247. The number of carbonyl (C=O) groups is 1. The van der Waals surface area contributed by atoms with Crippen molar-refractivity contribution in [3.05, 3.63) is 60.2 Å². The van der Waals surface area contributed by atoms with Crippen LogP contribution in [0.3, 0.4) is 0 Å². The van der Waals surface area contributed by atoms with E-state index >= 15 is 0 Å². The van der Waals surface area contributed by atoms with Gasteiger partial charge in [0.25, 0.3) is 0 Å². The molecule has 22 heavy (non-hydrogen) atoms. The summed E-state index contributed by atoms with van der Waals surface area (Å²) < 4.78 is 5.60. The fourth-order valence-electron chi connectivity index (χ4n) is 2.07. The van der Waals surface area contributed by atoms with E-state index in [-0.39, 0.29) is 6.03 Å². The van der Waals surface area contributed by atoms with Gasteiger partial charge in [-0.15, -0.1) is 0 Å². The van der Waals surface area contributed by atoms with Crippen LogP contribution in [-0.2, 0) is 6.42 Å². The summed E-state index contributed by atoms with van der Waals surface area (Å²) in [5, 5.41) is 5.51. The molecule has 2 rings (SSSR count). The number of para-hydroxylation sites is 1. The van der Waals surface area contributed by atoms with Crippen molar-refractivity contribution >= 4 is 11.7 Å². The van der Waals surface area contributed by atoms with Crippen LogP contribution < -0.4 is 15.4 Å².